The lowest BCUT2D eigenvalue weighted by Gasteiger charge is -2.29. The Balaban J connectivity index is 3.08. The minimum absolute atomic E-state index is 0.295. The number of hydrogen-bond donors (Lipinski definition) is 2. The molecular formula is C10H6BrF6NO4. The molecule has 5 nitrogen and oxygen atoms in total. The second kappa shape index (κ2) is 6.02. The number of rotatable bonds is 3. The van der Waals surface area contributed by atoms with Crippen LogP contribution in [0.15, 0.2) is 24.3 Å². The molecule has 0 aliphatic carbocycles. The number of carbonyl (C=O) groups excluding carboxylic acids is 1. The first-order valence-corrected chi connectivity index (χ1v) is 5.98. The minimum Gasteiger partial charge on any atom is -0.595 e. The van der Waals surface area contributed by atoms with Gasteiger partial charge in [0, 0.05) is 12.1 Å². The first-order valence-electron chi connectivity index (χ1n) is 5.18. The highest BCUT2D eigenvalue weighted by Gasteiger charge is 2.75. The minimum atomic E-state index is -6.00. The Morgan fingerprint density at radius 1 is 1.09 bits per heavy atom. The second-order valence-electron chi connectivity index (χ2n) is 3.87. The number of esters is 1. The summed E-state index contributed by atoms with van der Waals surface area (Å²) in [7, 11) is 0. The second-order valence-corrected chi connectivity index (χ2v) is 5.06. The van der Waals surface area contributed by atoms with Gasteiger partial charge in [-0.3, -0.25) is 0 Å². The number of halogens is 7. The van der Waals surface area contributed by atoms with Crippen molar-refractivity contribution in [2.75, 3.05) is 0 Å². The van der Waals surface area contributed by atoms with Crippen LogP contribution in [-0.2, 0) is 4.79 Å². The van der Waals surface area contributed by atoms with E-state index in [1.165, 1.54) is 15.9 Å². The average molecular weight is 398 g/mol. The molecule has 0 spiro atoms. The van der Waals surface area contributed by atoms with E-state index < -0.39 is 33.6 Å². The van der Waals surface area contributed by atoms with Crippen LogP contribution in [0.5, 0.6) is 5.75 Å². The van der Waals surface area contributed by atoms with E-state index in [0.29, 0.717) is 0 Å². The smallest absolute Gasteiger partial charge is 0.423 e. The third kappa shape index (κ3) is 3.51. The molecule has 1 atom stereocenters. The van der Waals surface area contributed by atoms with Gasteiger partial charge in [0.2, 0.25) is 0 Å². The Morgan fingerprint density at radius 3 is 1.82 bits per heavy atom. The fraction of sp³-hybridized carbons (Fsp3) is 0.300. The fourth-order valence-electron chi connectivity index (χ4n) is 1.24. The number of alkyl halides is 7. The highest BCUT2D eigenvalue weighted by molar-refractivity contribution is 9.10. The van der Waals surface area contributed by atoms with Crippen molar-refractivity contribution >= 4 is 27.6 Å². The molecule has 0 aromatic heterocycles. The standard InChI is InChI=1S/C10H6BrF6NO4/c11-8(9(12,13)14,10(15,16)17)7(19)22-6-3-1-5(2-4-6)18(20)21/h1-4,18,20H. The molecule has 1 rings (SSSR count). The molecule has 2 N–H and O–H groups in total. The van der Waals surface area contributed by atoms with Crippen LogP contribution in [0, 0.1) is 5.21 Å². The molecule has 0 radical (unpaired) electrons. The largest absolute Gasteiger partial charge is 0.595 e. The van der Waals surface area contributed by atoms with Gasteiger partial charge in [-0.15, -0.1) is 0 Å². The van der Waals surface area contributed by atoms with Crippen molar-refractivity contribution in [3.05, 3.63) is 29.5 Å². The molecule has 0 fully saturated rings. The summed E-state index contributed by atoms with van der Waals surface area (Å²) in [6.45, 7) is 0. The van der Waals surface area contributed by atoms with Crippen LogP contribution in [0.25, 0.3) is 0 Å². The van der Waals surface area contributed by atoms with Crippen molar-refractivity contribution in [1.29, 1.82) is 0 Å². The lowest BCUT2D eigenvalue weighted by atomic mass is 10.1. The van der Waals surface area contributed by atoms with Gasteiger partial charge < -0.3 is 9.94 Å². The van der Waals surface area contributed by atoms with Gasteiger partial charge in [-0.2, -0.15) is 31.6 Å². The summed E-state index contributed by atoms with van der Waals surface area (Å²) in [6.07, 6.45) is -12.0. The number of ether oxygens (including phenoxy) is 1. The molecule has 0 bridgehead atoms. The van der Waals surface area contributed by atoms with Crippen molar-refractivity contribution in [3.8, 4) is 5.75 Å². The monoisotopic (exact) mass is 397 g/mol. The highest BCUT2D eigenvalue weighted by Crippen LogP contribution is 2.50. The van der Waals surface area contributed by atoms with Gasteiger partial charge in [-0.25, -0.2) is 10.0 Å². The first-order chi connectivity index (χ1) is 9.80. The van der Waals surface area contributed by atoms with E-state index in [-0.39, 0.29) is 5.69 Å². The Bertz CT molecular complexity index is 528. The number of benzene rings is 1. The molecule has 1 unspecified atom stereocenters. The predicted octanol–water partition coefficient (Wildman–Crippen LogP) is 2.25. The number of quaternary nitrogens is 1. The van der Waals surface area contributed by atoms with Crippen LogP contribution in [0.4, 0.5) is 32.0 Å². The molecule has 0 aliphatic rings. The zero-order chi connectivity index (χ0) is 17.3. The lowest BCUT2D eigenvalue weighted by molar-refractivity contribution is -0.991. The highest BCUT2D eigenvalue weighted by atomic mass is 79.9. The fourth-order valence-corrected chi connectivity index (χ4v) is 1.32. The van der Waals surface area contributed by atoms with E-state index in [9.17, 15) is 36.3 Å². The van der Waals surface area contributed by atoms with Crippen molar-refractivity contribution in [2.24, 2.45) is 0 Å². The van der Waals surface area contributed by atoms with Gasteiger partial charge in [0.25, 0.3) is 0 Å². The van der Waals surface area contributed by atoms with Crippen molar-refractivity contribution in [1.82, 2.24) is 0 Å². The SMILES string of the molecule is O=C(Oc1ccc([NH+]([O-])O)cc1)C(Br)(C(F)(F)F)C(F)(F)F. The zero-order valence-corrected chi connectivity index (χ0v) is 11.7. The molecule has 1 aromatic carbocycles. The normalized spacial score (nSPS) is 14.6. The Morgan fingerprint density at radius 2 is 1.50 bits per heavy atom. The summed E-state index contributed by atoms with van der Waals surface area (Å²) in [5, 5.41) is 17.8. The van der Waals surface area contributed by atoms with E-state index in [4.69, 9.17) is 5.21 Å². The van der Waals surface area contributed by atoms with Crippen LogP contribution in [-0.4, -0.2) is 27.9 Å². The van der Waals surface area contributed by atoms with Crippen LogP contribution >= 0.6 is 15.9 Å². The molecule has 124 valence electrons. The summed E-state index contributed by atoms with van der Waals surface area (Å²) in [6, 6.07) is 3.20. The maximum atomic E-state index is 12.6. The summed E-state index contributed by atoms with van der Waals surface area (Å²) in [5.41, 5.74) is -0.295. The number of carbonyl (C=O) groups is 1. The van der Waals surface area contributed by atoms with Crippen LogP contribution < -0.4 is 9.96 Å². The topological polar surface area (TPSA) is 74.0 Å². The molecule has 0 saturated heterocycles. The van der Waals surface area contributed by atoms with Gasteiger partial charge in [0.1, 0.15) is 5.75 Å². The third-order valence-electron chi connectivity index (χ3n) is 2.37. The van der Waals surface area contributed by atoms with Gasteiger partial charge in [-0.05, 0) is 12.1 Å². The van der Waals surface area contributed by atoms with E-state index in [1.807, 2.05) is 0 Å². The molecule has 0 saturated carbocycles. The van der Waals surface area contributed by atoms with Crippen LogP contribution in [0.1, 0.15) is 0 Å². The van der Waals surface area contributed by atoms with Crippen LogP contribution in [0.2, 0.25) is 0 Å². The molecule has 0 aliphatic heterocycles. The average Bonchev–Trinajstić information content (AvgIpc) is 2.35. The predicted molar refractivity (Wildman–Crippen MR) is 61.6 cm³/mol. The van der Waals surface area contributed by atoms with E-state index in [2.05, 4.69) is 4.74 Å². The maximum absolute atomic E-state index is 12.6. The van der Waals surface area contributed by atoms with Crippen molar-refractivity contribution in [2.45, 2.75) is 16.7 Å². The molecule has 0 heterocycles. The summed E-state index contributed by atoms with van der Waals surface area (Å²) in [4.78, 5) is 11.3. The third-order valence-corrected chi connectivity index (χ3v) is 3.60. The molecular weight excluding hydrogens is 392 g/mol. The molecule has 1 aromatic rings. The Labute approximate surface area is 126 Å². The number of nitrogens with one attached hydrogen (secondary N) is 1. The molecule has 12 heteroatoms. The molecule has 22 heavy (non-hydrogen) atoms. The van der Waals surface area contributed by atoms with Gasteiger partial charge in [0.15, 0.2) is 5.69 Å². The lowest BCUT2D eigenvalue weighted by Crippen LogP contribution is -2.99. The van der Waals surface area contributed by atoms with Crippen molar-refractivity contribution < 1.29 is 46.3 Å². The number of hydrogen-bond acceptors (Lipinski definition) is 4. The zero-order valence-electron chi connectivity index (χ0n) is 10.1. The maximum Gasteiger partial charge on any atom is 0.423 e. The summed E-state index contributed by atoms with van der Waals surface area (Å²) >= 11 is 1.37. The van der Waals surface area contributed by atoms with Crippen molar-refractivity contribution in [3.63, 3.8) is 0 Å². The molecule has 0 amide bonds. The Kier molecular flexibility index (Phi) is 5.11. The summed E-state index contributed by atoms with van der Waals surface area (Å²) < 4.78 is 74.6. The van der Waals surface area contributed by atoms with E-state index >= 15 is 0 Å². The van der Waals surface area contributed by atoms with Gasteiger partial charge >= 0.3 is 22.6 Å². The van der Waals surface area contributed by atoms with Crippen LogP contribution in [0.3, 0.4) is 0 Å². The first kappa shape index (κ1) is 18.7. The van der Waals surface area contributed by atoms with Gasteiger partial charge in [-0.1, -0.05) is 15.9 Å². The quantitative estimate of drug-likeness (QED) is 0.270. The van der Waals surface area contributed by atoms with E-state index in [0.717, 1.165) is 24.3 Å². The van der Waals surface area contributed by atoms with E-state index in [1.54, 1.807) is 0 Å². The summed E-state index contributed by atoms with van der Waals surface area (Å²) in [5.74, 6) is -3.32. The Hall–Kier alpha value is -1.37. The van der Waals surface area contributed by atoms with Gasteiger partial charge in [0.05, 0.1) is 0 Å².